The topological polar surface area (TPSA) is 49.3 Å². The van der Waals surface area contributed by atoms with Crippen molar-refractivity contribution in [3.63, 3.8) is 0 Å². The number of hydrogen-bond donors (Lipinski definition) is 2. The molecule has 3 nitrogen and oxygen atoms in total. The van der Waals surface area contributed by atoms with Gasteiger partial charge in [0.15, 0.2) is 17.5 Å². The molecule has 2 N–H and O–H groups in total. The molecular weight excluding hydrogens is 343 g/mol. The lowest BCUT2D eigenvalue weighted by atomic mass is 9.75. The van der Waals surface area contributed by atoms with E-state index in [1.807, 2.05) is 30.3 Å². The van der Waals surface area contributed by atoms with Crippen LogP contribution in [-0.4, -0.2) is 23.2 Å². The minimum Gasteiger partial charge on any atom is -0.393 e. The molecule has 0 aliphatic heterocycles. The summed E-state index contributed by atoms with van der Waals surface area (Å²) in [6.45, 7) is 0. The zero-order valence-electron chi connectivity index (χ0n) is 14.1. The second kappa shape index (κ2) is 7.91. The molecule has 0 radical (unpaired) electrons. The van der Waals surface area contributed by atoms with Crippen LogP contribution in [0.2, 0.25) is 0 Å². The van der Waals surface area contributed by atoms with Crippen molar-refractivity contribution in [2.24, 2.45) is 5.92 Å². The predicted octanol–water partition coefficient (Wildman–Crippen LogP) is 3.14. The SMILES string of the molecule is O=C(Cc1ccc(F)c(F)c1F)N[C@@H](Cc1ccccc1)C1CC(O)C1. The molecule has 1 fully saturated rings. The van der Waals surface area contributed by atoms with Gasteiger partial charge >= 0.3 is 0 Å². The van der Waals surface area contributed by atoms with Gasteiger partial charge < -0.3 is 10.4 Å². The number of carbonyl (C=O) groups excluding carboxylic acids is 1. The maximum Gasteiger partial charge on any atom is 0.224 e. The van der Waals surface area contributed by atoms with Crippen molar-refractivity contribution in [1.29, 1.82) is 0 Å². The fraction of sp³-hybridized carbons (Fsp3) is 0.350. The fourth-order valence-electron chi connectivity index (χ4n) is 3.30. The number of carbonyl (C=O) groups is 1. The largest absolute Gasteiger partial charge is 0.393 e. The van der Waals surface area contributed by atoms with Crippen molar-refractivity contribution >= 4 is 5.91 Å². The smallest absolute Gasteiger partial charge is 0.224 e. The maximum atomic E-state index is 13.8. The summed E-state index contributed by atoms with van der Waals surface area (Å²) < 4.78 is 40.1. The highest BCUT2D eigenvalue weighted by Gasteiger charge is 2.34. The molecule has 0 heterocycles. The second-order valence-electron chi connectivity index (χ2n) is 6.76. The van der Waals surface area contributed by atoms with E-state index in [1.54, 1.807) is 0 Å². The molecule has 1 amide bonds. The van der Waals surface area contributed by atoms with E-state index in [2.05, 4.69) is 5.32 Å². The summed E-state index contributed by atoms with van der Waals surface area (Å²) in [6, 6.07) is 11.3. The molecule has 2 aromatic carbocycles. The Morgan fingerprint density at radius 3 is 2.42 bits per heavy atom. The van der Waals surface area contributed by atoms with Crippen LogP contribution in [0.4, 0.5) is 13.2 Å². The Labute approximate surface area is 149 Å². The molecule has 0 aromatic heterocycles. The van der Waals surface area contributed by atoms with E-state index in [-0.39, 0.29) is 30.0 Å². The van der Waals surface area contributed by atoms with Gasteiger partial charge in [-0.15, -0.1) is 0 Å². The summed E-state index contributed by atoms with van der Waals surface area (Å²) in [5, 5.41) is 12.4. The Bertz CT molecular complexity index is 776. The molecule has 26 heavy (non-hydrogen) atoms. The van der Waals surface area contributed by atoms with Crippen LogP contribution in [0, 0.1) is 23.4 Å². The molecule has 0 unspecified atom stereocenters. The molecule has 6 heteroatoms. The highest BCUT2D eigenvalue weighted by atomic mass is 19.2. The molecule has 1 aliphatic rings. The Morgan fingerprint density at radius 2 is 1.77 bits per heavy atom. The van der Waals surface area contributed by atoms with E-state index in [4.69, 9.17) is 0 Å². The fourth-order valence-corrected chi connectivity index (χ4v) is 3.30. The third-order valence-corrected chi connectivity index (χ3v) is 4.83. The molecule has 2 aromatic rings. The van der Waals surface area contributed by atoms with Crippen LogP contribution in [0.5, 0.6) is 0 Å². The normalized spacial score (nSPS) is 20.3. The van der Waals surface area contributed by atoms with Crippen molar-refractivity contribution in [1.82, 2.24) is 5.32 Å². The van der Waals surface area contributed by atoms with Gasteiger partial charge in [-0.25, -0.2) is 13.2 Å². The summed E-state index contributed by atoms with van der Waals surface area (Å²) in [6.07, 6.45) is 1.04. The van der Waals surface area contributed by atoms with E-state index in [9.17, 15) is 23.1 Å². The van der Waals surface area contributed by atoms with Crippen molar-refractivity contribution in [2.45, 2.75) is 37.8 Å². The second-order valence-corrected chi connectivity index (χ2v) is 6.76. The summed E-state index contributed by atoms with van der Waals surface area (Å²) in [5.74, 6) is -4.52. The van der Waals surface area contributed by atoms with Crippen LogP contribution in [0.1, 0.15) is 24.0 Å². The molecule has 0 saturated heterocycles. The molecular formula is C20H20F3NO2. The number of amides is 1. The molecule has 1 aliphatic carbocycles. The van der Waals surface area contributed by atoms with Crippen LogP contribution in [-0.2, 0) is 17.6 Å². The number of halogens is 3. The van der Waals surface area contributed by atoms with Gasteiger partial charge in [-0.05, 0) is 36.8 Å². The number of hydrogen-bond acceptors (Lipinski definition) is 2. The van der Waals surface area contributed by atoms with Crippen LogP contribution < -0.4 is 5.32 Å². The lowest BCUT2D eigenvalue weighted by Gasteiger charge is -2.38. The first-order valence-electron chi connectivity index (χ1n) is 8.57. The maximum absolute atomic E-state index is 13.8. The average Bonchev–Trinajstić information content (AvgIpc) is 2.60. The highest BCUT2D eigenvalue weighted by molar-refractivity contribution is 5.79. The number of aliphatic hydroxyl groups excluding tert-OH is 1. The van der Waals surface area contributed by atoms with Crippen LogP contribution in [0.25, 0.3) is 0 Å². The Hall–Kier alpha value is -2.34. The summed E-state index contributed by atoms with van der Waals surface area (Å²) >= 11 is 0. The van der Waals surface area contributed by atoms with E-state index in [0.29, 0.717) is 19.3 Å². The Morgan fingerprint density at radius 1 is 1.08 bits per heavy atom. The minimum atomic E-state index is -1.57. The summed E-state index contributed by atoms with van der Waals surface area (Å²) in [7, 11) is 0. The van der Waals surface area contributed by atoms with Crippen molar-refractivity contribution < 1.29 is 23.1 Å². The zero-order chi connectivity index (χ0) is 18.7. The Kier molecular flexibility index (Phi) is 5.61. The van der Waals surface area contributed by atoms with Crippen LogP contribution in [0.3, 0.4) is 0 Å². The van der Waals surface area contributed by atoms with Gasteiger partial charge in [0, 0.05) is 11.6 Å². The number of benzene rings is 2. The van der Waals surface area contributed by atoms with Crippen LogP contribution >= 0.6 is 0 Å². The quantitative estimate of drug-likeness (QED) is 0.775. The number of nitrogens with one attached hydrogen (secondary N) is 1. The van der Waals surface area contributed by atoms with Gasteiger partial charge in [-0.3, -0.25) is 4.79 Å². The molecule has 0 bridgehead atoms. The summed E-state index contributed by atoms with van der Waals surface area (Å²) in [5.41, 5.74) is 0.853. The first-order chi connectivity index (χ1) is 12.4. The number of rotatable bonds is 6. The van der Waals surface area contributed by atoms with Crippen molar-refractivity contribution in [3.05, 3.63) is 71.0 Å². The molecule has 3 rings (SSSR count). The van der Waals surface area contributed by atoms with Crippen molar-refractivity contribution in [3.8, 4) is 0 Å². The van der Waals surface area contributed by atoms with Crippen molar-refractivity contribution in [2.75, 3.05) is 0 Å². The Balaban J connectivity index is 1.68. The van der Waals surface area contributed by atoms with Crippen LogP contribution in [0.15, 0.2) is 42.5 Å². The van der Waals surface area contributed by atoms with E-state index >= 15 is 0 Å². The monoisotopic (exact) mass is 363 g/mol. The van der Waals surface area contributed by atoms with Gasteiger partial charge in [0.05, 0.1) is 12.5 Å². The van der Waals surface area contributed by atoms with E-state index < -0.39 is 23.4 Å². The predicted molar refractivity (Wildman–Crippen MR) is 90.8 cm³/mol. The van der Waals surface area contributed by atoms with E-state index in [1.165, 1.54) is 0 Å². The third kappa shape index (κ3) is 4.25. The molecule has 0 spiro atoms. The lowest BCUT2D eigenvalue weighted by Crippen LogP contribution is -2.48. The first kappa shape index (κ1) is 18.5. The molecule has 138 valence electrons. The van der Waals surface area contributed by atoms with Gasteiger partial charge in [-0.1, -0.05) is 36.4 Å². The molecule has 1 atom stereocenters. The van der Waals surface area contributed by atoms with E-state index in [0.717, 1.165) is 17.7 Å². The van der Waals surface area contributed by atoms with Gasteiger partial charge in [0.2, 0.25) is 5.91 Å². The third-order valence-electron chi connectivity index (χ3n) is 4.83. The first-order valence-corrected chi connectivity index (χ1v) is 8.57. The standard InChI is InChI=1S/C20H20F3NO2/c21-16-7-6-13(19(22)20(16)23)11-18(26)24-17(14-9-15(25)10-14)8-12-4-2-1-3-5-12/h1-7,14-15,17,25H,8-11H2,(H,24,26)/t14?,15?,17-/m0/s1. The van der Waals surface area contributed by atoms with Gasteiger partial charge in [-0.2, -0.15) is 0 Å². The molecule has 1 saturated carbocycles. The average molecular weight is 363 g/mol. The number of aliphatic hydroxyl groups is 1. The van der Waals surface area contributed by atoms with Gasteiger partial charge in [0.25, 0.3) is 0 Å². The lowest BCUT2D eigenvalue weighted by molar-refractivity contribution is -0.122. The summed E-state index contributed by atoms with van der Waals surface area (Å²) in [4.78, 5) is 12.3. The zero-order valence-corrected chi connectivity index (χ0v) is 14.1. The minimum absolute atomic E-state index is 0.129. The van der Waals surface area contributed by atoms with Gasteiger partial charge in [0.1, 0.15) is 0 Å². The highest BCUT2D eigenvalue weighted by Crippen LogP contribution is 2.31.